The Labute approximate surface area is 174 Å². The van der Waals surface area contributed by atoms with Crippen LogP contribution in [0.4, 0.5) is 13.2 Å². The van der Waals surface area contributed by atoms with Crippen molar-refractivity contribution in [1.82, 2.24) is 0 Å². The van der Waals surface area contributed by atoms with E-state index in [4.69, 9.17) is 9.47 Å². The predicted octanol–water partition coefficient (Wildman–Crippen LogP) is 5.91. The molecule has 0 bridgehead atoms. The highest BCUT2D eigenvalue weighted by atomic mass is 19.4. The molecule has 3 nitrogen and oxygen atoms in total. The van der Waals surface area contributed by atoms with Gasteiger partial charge in [-0.2, -0.15) is 13.2 Å². The fourth-order valence-corrected chi connectivity index (χ4v) is 4.31. The standard InChI is InChI=1S/C24H25F3O3/c1-14-11-21(30-13-17-7-5-6-8-20(17)24(25,26)27)16(3)22-18(14)9-10-19(15(2)12-28)23(22)29-4/h5-8,11-12,19,23H,2,9-10,13H2,1,3-4H3/t19-,23+/m0/s1. The Kier molecular flexibility index (Phi) is 6.36. The van der Waals surface area contributed by atoms with E-state index >= 15 is 0 Å². The van der Waals surface area contributed by atoms with Gasteiger partial charge in [-0.05, 0) is 66.6 Å². The molecule has 0 amide bonds. The van der Waals surface area contributed by atoms with Crippen LogP contribution in [0.3, 0.4) is 0 Å². The van der Waals surface area contributed by atoms with E-state index < -0.39 is 11.7 Å². The number of aryl methyl sites for hydroxylation is 1. The summed E-state index contributed by atoms with van der Waals surface area (Å²) < 4.78 is 51.5. The number of methoxy groups -OCH3 is 1. The molecule has 2 aromatic carbocycles. The number of ether oxygens (including phenoxy) is 2. The normalized spacial score (nSPS) is 18.6. The molecule has 0 radical (unpaired) electrons. The molecule has 2 atom stereocenters. The van der Waals surface area contributed by atoms with E-state index in [9.17, 15) is 18.0 Å². The molecule has 0 saturated heterocycles. The minimum atomic E-state index is -4.44. The maximum atomic E-state index is 13.3. The topological polar surface area (TPSA) is 35.5 Å². The van der Waals surface area contributed by atoms with Crippen molar-refractivity contribution in [2.75, 3.05) is 7.11 Å². The number of fused-ring (bicyclic) bond motifs is 1. The van der Waals surface area contributed by atoms with Gasteiger partial charge in [0.2, 0.25) is 0 Å². The smallest absolute Gasteiger partial charge is 0.416 e. The molecule has 0 heterocycles. The van der Waals surface area contributed by atoms with Crippen molar-refractivity contribution in [3.8, 4) is 5.75 Å². The van der Waals surface area contributed by atoms with Gasteiger partial charge in [-0.25, -0.2) is 0 Å². The van der Waals surface area contributed by atoms with Gasteiger partial charge in [0.1, 0.15) is 18.6 Å². The second-order valence-electron chi connectivity index (χ2n) is 7.65. The molecule has 2 aromatic rings. The van der Waals surface area contributed by atoms with Gasteiger partial charge in [-0.3, -0.25) is 4.79 Å². The van der Waals surface area contributed by atoms with Crippen molar-refractivity contribution in [3.63, 3.8) is 0 Å². The molecular weight excluding hydrogens is 393 g/mol. The van der Waals surface area contributed by atoms with Crippen LogP contribution < -0.4 is 4.74 Å². The van der Waals surface area contributed by atoms with E-state index in [2.05, 4.69) is 6.58 Å². The summed E-state index contributed by atoms with van der Waals surface area (Å²) in [5.74, 6) is 0.377. The lowest BCUT2D eigenvalue weighted by Gasteiger charge is -2.35. The molecule has 0 aromatic heterocycles. The summed E-state index contributed by atoms with van der Waals surface area (Å²) in [6.45, 7) is 7.50. The van der Waals surface area contributed by atoms with Crippen LogP contribution in [0, 0.1) is 19.8 Å². The van der Waals surface area contributed by atoms with Crippen LogP contribution in [0.2, 0.25) is 0 Å². The average Bonchev–Trinajstić information content (AvgIpc) is 2.73. The van der Waals surface area contributed by atoms with E-state index in [1.807, 2.05) is 19.9 Å². The lowest BCUT2D eigenvalue weighted by atomic mass is 9.75. The van der Waals surface area contributed by atoms with Gasteiger partial charge in [-0.1, -0.05) is 24.8 Å². The van der Waals surface area contributed by atoms with Crippen LogP contribution in [0.15, 0.2) is 42.5 Å². The van der Waals surface area contributed by atoms with Crippen LogP contribution in [0.1, 0.15) is 45.9 Å². The summed E-state index contributed by atoms with van der Waals surface area (Å²) in [4.78, 5) is 11.3. The molecule has 30 heavy (non-hydrogen) atoms. The highest BCUT2D eigenvalue weighted by Gasteiger charge is 2.35. The molecule has 0 N–H and O–H groups in total. The van der Waals surface area contributed by atoms with Gasteiger partial charge in [0, 0.05) is 18.6 Å². The van der Waals surface area contributed by atoms with E-state index in [0.717, 1.165) is 47.4 Å². The predicted molar refractivity (Wildman–Crippen MR) is 108 cm³/mol. The van der Waals surface area contributed by atoms with E-state index in [1.165, 1.54) is 12.1 Å². The maximum Gasteiger partial charge on any atom is 0.416 e. The summed E-state index contributed by atoms with van der Waals surface area (Å²) in [5.41, 5.74) is 3.75. The van der Waals surface area contributed by atoms with Crippen molar-refractivity contribution in [1.29, 1.82) is 0 Å². The van der Waals surface area contributed by atoms with Crippen molar-refractivity contribution >= 4 is 6.29 Å². The van der Waals surface area contributed by atoms with E-state index in [1.54, 1.807) is 13.2 Å². The molecule has 0 fully saturated rings. The number of hydrogen-bond acceptors (Lipinski definition) is 3. The second kappa shape index (κ2) is 8.64. The third kappa shape index (κ3) is 4.15. The summed E-state index contributed by atoms with van der Waals surface area (Å²) in [5, 5.41) is 0. The minimum Gasteiger partial charge on any atom is -0.489 e. The molecule has 1 aliphatic rings. The number of alkyl halides is 3. The summed E-state index contributed by atoms with van der Waals surface area (Å²) >= 11 is 0. The highest BCUT2D eigenvalue weighted by molar-refractivity contribution is 5.73. The summed E-state index contributed by atoms with van der Waals surface area (Å²) in [6.07, 6.45) is -2.50. The Morgan fingerprint density at radius 1 is 1.27 bits per heavy atom. The number of halogens is 3. The second-order valence-corrected chi connectivity index (χ2v) is 7.65. The molecule has 160 valence electrons. The first-order valence-electron chi connectivity index (χ1n) is 9.76. The molecular formula is C24H25F3O3. The zero-order valence-electron chi connectivity index (χ0n) is 17.3. The first-order chi connectivity index (χ1) is 14.2. The van der Waals surface area contributed by atoms with Crippen molar-refractivity contribution in [2.45, 2.75) is 45.6 Å². The maximum absolute atomic E-state index is 13.3. The SMILES string of the molecule is C=C(C=O)[C@@H]1CCc2c(C)cc(OCc3ccccc3C(F)(F)F)c(C)c2[C@@H]1OC. The molecule has 3 rings (SSSR count). The van der Waals surface area contributed by atoms with Gasteiger partial charge in [0.25, 0.3) is 0 Å². The van der Waals surface area contributed by atoms with Gasteiger partial charge < -0.3 is 9.47 Å². The van der Waals surface area contributed by atoms with Gasteiger partial charge in [-0.15, -0.1) is 0 Å². The zero-order valence-corrected chi connectivity index (χ0v) is 17.3. The Morgan fingerprint density at radius 2 is 1.97 bits per heavy atom. The monoisotopic (exact) mass is 418 g/mol. The molecule has 1 aliphatic carbocycles. The number of aldehydes is 1. The fourth-order valence-electron chi connectivity index (χ4n) is 4.31. The van der Waals surface area contributed by atoms with Crippen LogP contribution in [-0.2, 0) is 28.7 Å². The first kappa shape index (κ1) is 22.1. The molecule has 6 heteroatoms. The van der Waals surface area contributed by atoms with Gasteiger partial charge >= 0.3 is 6.18 Å². The van der Waals surface area contributed by atoms with Gasteiger partial charge in [0.15, 0.2) is 0 Å². The number of carbonyl (C=O) groups is 1. The first-order valence-corrected chi connectivity index (χ1v) is 9.76. The number of carbonyl (C=O) groups excluding carboxylic acids is 1. The van der Waals surface area contributed by atoms with Crippen molar-refractivity contribution < 1.29 is 27.4 Å². The fraction of sp³-hybridized carbons (Fsp3) is 0.375. The lowest BCUT2D eigenvalue weighted by molar-refractivity contribution is -0.138. The van der Waals surface area contributed by atoms with Crippen LogP contribution in [0.25, 0.3) is 0 Å². The largest absolute Gasteiger partial charge is 0.489 e. The molecule has 0 aliphatic heterocycles. The molecule has 0 unspecified atom stereocenters. The Balaban J connectivity index is 1.97. The molecule has 0 spiro atoms. The molecule has 0 saturated carbocycles. The average molecular weight is 418 g/mol. The third-order valence-electron chi connectivity index (χ3n) is 5.87. The van der Waals surface area contributed by atoms with E-state index in [0.29, 0.717) is 11.3 Å². The van der Waals surface area contributed by atoms with Gasteiger partial charge in [0.05, 0.1) is 11.7 Å². The van der Waals surface area contributed by atoms with E-state index in [-0.39, 0.29) is 24.2 Å². The Hall–Kier alpha value is -2.60. The number of hydrogen-bond donors (Lipinski definition) is 0. The van der Waals surface area contributed by atoms with Crippen molar-refractivity contribution in [2.24, 2.45) is 5.92 Å². The third-order valence-corrected chi connectivity index (χ3v) is 5.87. The quantitative estimate of drug-likeness (QED) is 0.432. The Morgan fingerprint density at radius 3 is 2.60 bits per heavy atom. The number of rotatable bonds is 6. The van der Waals surface area contributed by atoms with Crippen LogP contribution in [-0.4, -0.2) is 13.4 Å². The summed E-state index contributed by atoms with van der Waals surface area (Å²) in [6, 6.07) is 7.27. The van der Waals surface area contributed by atoms with Crippen LogP contribution in [0.5, 0.6) is 5.75 Å². The van der Waals surface area contributed by atoms with Crippen LogP contribution >= 0.6 is 0 Å². The minimum absolute atomic E-state index is 0.0790. The Bertz CT molecular complexity index is 963. The highest BCUT2D eigenvalue weighted by Crippen LogP contribution is 2.45. The number of benzene rings is 2. The van der Waals surface area contributed by atoms with Crippen molar-refractivity contribution in [3.05, 3.63) is 75.9 Å². The summed E-state index contributed by atoms with van der Waals surface area (Å²) in [7, 11) is 1.59. The zero-order chi connectivity index (χ0) is 22.1. The lowest BCUT2D eigenvalue weighted by Crippen LogP contribution is -2.26.